The number of hydrogen-bond donors (Lipinski definition) is 1. The normalized spacial score (nSPS) is 20.5. The van der Waals surface area contributed by atoms with Crippen molar-refractivity contribution < 1.29 is 9.84 Å². The van der Waals surface area contributed by atoms with Crippen molar-refractivity contribution in [3.63, 3.8) is 0 Å². The molecule has 2 rings (SSSR count). The highest BCUT2D eigenvalue weighted by molar-refractivity contribution is 5.39. The molecule has 0 bridgehead atoms. The van der Waals surface area contributed by atoms with Crippen molar-refractivity contribution in [3.8, 4) is 5.75 Å². The van der Waals surface area contributed by atoms with Crippen LogP contribution in [-0.2, 0) is 0 Å². The van der Waals surface area contributed by atoms with Crippen molar-refractivity contribution in [2.24, 2.45) is 5.92 Å². The molecule has 106 valence electrons. The van der Waals surface area contributed by atoms with E-state index in [-0.39, 0.29) is 0 Å². The zero-order chi connectivity index (χ0) is 13.7. The number of piperidine rings is 1. The summed E-state index contributed by atoms with van der Waals surface area (Å²) in [4.78, 5) is 2.40. The van der Waals surface area contributed by atoms with E-state index in [1.54, 1.807) is 0 Å². The molecule has 1 atom stereocenters. The smallest absolute Gasteiger partial charge is 0.125 e. The molecule has 1 fully saturated rings. The van der Waals surface area contributed by atoms with Crippen LogP contribution in [0.5, 0.6) is 5.75 Å². The Bertz CT molecular complexity index is 385. The van der Waals surface area contributed by atoms with E-state index in [0.717, 1.165) is 38.4 Å². The fraction of sp³-hybridized carbons (Fsp3) is 0.625. The van der Waals surface area contributed by atoms with E-state index < -0.39 is 0 Å². The molecule has 1 heterocycles. The van der Waals surface area contributed by atoms with E-state index in [4.69, 9.17) is 4.74 Å². The van der Waals surface area contributed by atoms with E-state index in [1.807, 2.05) is 0 Å². The van der Waals surface area contributed by atoms with Gasteiger partial charge in [0.1, 0.15) is 12.4 Å². The summed E-state index contributed by atoms with van der Waals surface area (Å²) in [5.41, 5.74) is 2.40. The molecule has 3 nitrogen and oxygen atoms in total. The fourth-order valence-corrected chi connectivity index (χ4v) is 2.81. The van der Waals surface area contributed by atoms with Gasteiger partial charge in [-0.15, -0.1) is 0 Å². The van der Waals surface area contributed by atoms with E-state index in [9.17, 15) is 5.11 Å². The van der Waals surface area contributed by atoms with Crippen LogP contribution in [0.3, 0.4) is 0 Å². The van der Waals surface area contributed by atoms with Crippen molar-refractivity contribution in [3.05, 3.63) is 29.3 Å². The number of benzene rings is 1. The Hall–Kier alpha value is -1.06. The van der Waals surface area contributed by atoms with Gasteiger partial charge in [-0.1, -0.05) is 18.2 Å². The minimum Gasteiger partial charge on any atom is -0.492 e. The maximum absolute atomic E-state index is 9.23. The Morgan fingerprint density at radius 2 is 2.05 bits per heavy atom. The van der Waals surface area contributed by atoms with Gasteiger partial charge in [-0.2, -0.15) is 0 Å². The number of aliphatic hydroxyl groups excluding tert-OH is 1. The number of nitrogens with zero attached hydrogens (tertiary/aromatic N) is 1. The highest BCUT2D eigenvalue weighted by atomic mass is 16.5. The van der Waals surface area contributed by atoms with E-state index in [2.05, 4.69) is 36.9 Å². The topological polar surface area (TPSA) is 32.7 Å². The zero-order valence-electron chi connectivity index (χ0n) is 12.1. The van der Waals surface area contributed by atoms with E-state index >= 15 is 0 Å². The monoisotopic (exact) mass is 263 g/mol. The number of aryl methyl sites for hydroxylation is 2. The Balaban J connectivity index is 1.80. The summed E-state index contributed by atoms with van der Waals surface area (Å²) in [7, 11) is 0. The third-order valence-electron chi connectivity index (χ3n) is 3.92. The second-order valence-corrected chi connectivity index (χ2v) is 5.56. The van der Waals surface area contributed by atoms with E-state index in [1.165, 1.54) is 17.5 Å². The summed E-state index contributed by atoms with van der Waals surface area (Å²) < 4.78 is 5.94. The lowest BCUT2D eigenvalue weighted by Crippen LogP contribution is -2.39. The molecule has 0 aromatic heterocycles. The molecule has 1 aliphatic rings. The first-order valence-electron chi connectivity index (χ1n) is 7.23. The summed E-state index contributed by atoms with van der Waals surface area (Å²) in [6.45, 7) is 8.30. The summed E-state index contributed by atoms with van der Waals surface area (Å²) in [5.74, 6) is 1.48. The van der Waals surface area contributed by atoms with Gasteiger partial charge in [-0.05, 0) is 50.3 Å². The van der Waals surface area contributed by atoms with Crippen LogP contribution in [0, 0.1) is 19.8 Å². The van der Waals surface area contributed by atoms with Gasteiger partial charge < -0.3 is 9.84 Å². The minimum absolute atomic E-state index is 0.314. The zero-order valence-corrected chi connectivity index (χ0v) is 12.1. The predicted octanol–water partition coefficient (Wildman–Crippen LogP) is 2.39. The second kappa shape index (κ2) is 6.92. The number of rotatable bonds is 5. The van der Waals surface area contributed by atoms with Gasteiger partial charge in [0.05, 0.1) is 0 Å². The van der Waals surface area contributed by atoms with Crippen LogP contribution in [-0.4, -0.2) is 42.9 Å². The standard InChI is InChI=1S/C16H25NO2/c1-13-5-3-6-14(2)16(13)19-10-9-17-8-4-7-15(11-17)12-18/h3,5-6,15,18H,4,7-12H2,1-2H3. The first-order valence-corrected chi connectivity index (χ1v) is 7.23. The highest BCUT2D eigenvalue weighted by Gasteiger charge is 2.18. The van der Waals surface area contributed by atoms with Crippen molar-refractivity contribution >= 4 is 0 Å². The number of likely N-dealkylation sites (tertiary alicyclic amines) is 1. The average Bonchev–Trinajstić information content (AvgIpc) is 2.42. The molecule has 0 amide bonds. The molecule has 0 aliphatic carbocycles. The van der Waals surface area contributed by atoms with Crippen LogP contribution in [0.1, 0.15) is 24.0 Å². The number of ether oxygens (including phenoxy) is 1. The molecule has 1 N–H and O–H groups in total. The molecule has 1 aromatic rings. The lowest BCUT2D eigenvalue weighted by molar-refractivity contribution is 0.107. The Kier molecular flexibility index (Phi) is 5.23. The molecule has 19 heavy (non-hydrogen) atoms. The number of para-hydroxylation sites is 1. The van der Waals surface area contributed by atoms with Crippen LogP contribution in [0.4, 0.5) is 0 Å². The molecular formula is C16H25NO2. The predicted molar refractivity (Wildman–Crippen MR) is 77.7 cm³/mol. The summed E-state index contributed by atoms with van der Waals surface area (Å²) in [6.07, 6.45) is 2.35. The number of aliphatic hydroxyl groups is 1. The first kappa shape index (κ1) is 14.4. The third-order valence-corrected chi connectivity index (χ3v) is 3.92. The SMILES string of the molecule is Cc1cccc(C)c1OCCN1CCCC(CO)C1. The van der Waals surface area contributed by atoms with Crippen molar-refractivity contribution in [1.29, 1.82) is 0 Å². The van der Waals surface area contributed by atoms with Crippen LogP contribution in [0.15, 0.2) is 18.2 Å². The fourth-order valence-electron chi connectivity index (χ4n) is 2.81. The maximum Gasteiger partial charge on any atom is 0.125 e. The van der Waals surface area contributed by atoms with Crippen LogP contribution < -0.4 is 4.74 Å². The van der Waals surface area contributed by atoms with Crippen LogP contribution in [0.25, 0.3) is 0 Å². The molecular weight excluding hydrogens is 238 g/mol. The molecule has 1 aromatic carbocycles. The highest BCUT2D eigenvalue weighted by Crippen LogP contribution is 2.22. The Labute approximate surface area is 116 Å². The Morgan fingerprint density at radius 1 is 1.32 bits per heavy atom. The van der Waals surface area contributed by atoms with E-state index in [0.29, 0.717) is 12.5 Å². The molecule has 1 saturated heterocycles. The lowest BCUT2D eigenvalue weighted by Gasteiger charge is -2.31. The second-order valence-electron chi connectivity index (χ2n) is 5.56. The van der Waals surface area contributed by atoms with Gasteiger partial charge in [0.15, 0.2) is 0 Å². The minimum atomic E-state index is 0.314. The van der Waals surface area contributed by atoms with Gasteiger partial charge in [0, 0.05) is 19.7 Å². The van der Waals surface area contributed by atoms with Crippen molar-refractivity contribution in [2.75, 3.05) is 32.8 Å². The average molecular weight is 263 g/mol. The quantitative estimate of drug-likeness (QED) is 0.885. The van der Waals surface area contributed by atoms with Gasteiger partial charge in [0.25, 0.3) is 0 Å². The lowest BCUT2D eigenvalue weighted by atomic mass is 9.99. The maximum atomic E-state index is 9.23. The molecule has 0 saturated carbocycles. The molecule has 0 radical (unpaired) electrons. The summed E-state index contributed by atoms with van der Waals surface area (Å²) in [5, 5.41) is 9.23. The number of hydrogen-bond acceptors (Lipinski definition) is 3. The summed E-state index contributed by atoms with van der Waals surface area (Å²) >= 11 is 0. The van der Waals surface area contributed by atoms with Gasteiger partial charge in [0.2, 0.25) is 0 Å². The third kappa shape index (κ3) is 3.95. The van der Waals surface area contributed by atoms with Crippen LogP contribution >= 0.6 is 0 Å². The summed E-state index contributed by atoms with van der Waals surface area (Å²) in [6, 6.07) is 6.24. The van der Waals surface area contributed by atoms with Gasteiger partial charge in [-0.3, -0.25) is 4.90 Å². The molecule has 3 heteroatoms. The molecule has 1 unspecified atom stereocenters. The van der Waals surface area contributed by atoms with Crippen LogP contribution in [0.2, 0.25) is 0 Å². The molecule has 0 spiro atoms. The molecule has 1 aliphatic heterocycles. The van der Waals surface area contributed by atoms with Crippen molar-refractivity contribution in [2.45, 2.75) is 26.7 Å². The van der Waals surface area contributed by atoms with Gasteiger partial charge in [-0.25, -0.2) is 0 Å². The van der Waals surface area contributed by atoms with Gasteiger partial charge >= 0.3 is 0 Å². The largest absolute Gasteiger partial charge is 0.492 e. The first-order chi connectivity index (χ1) is 9.20. The van der Waals surface area contributed by atoms with Crippen molar-refractivity contribution in [1.82, 2.24) is 4.90 Å². The Morgan fingerprint density at radius 3 is 2.74 bits per heavy atom.